The average Bonchev–Trinajstić information content (AvgIpc) is 3.14. The van der Waals surface area contributed by atoms with E-state index >= 15 is 0 Å². The van der Waals surface area contributed by atoms with Crippen molar-refractivity contribution in [3.8, 4) is 11.5 Å². The number of aromatic carboxylic acids is 1. The Morgan fingerprint density at radius 1 is 1.00 bits per heavy atom. The summed E-state index contributed by atoms with van der Waals surface area (Å²) in [6.07, 6.45) is 4.65. The Bertz CT molecular complexity index is 1880. The predicted molar refractivity (Wildman–Crippen MR) is 189 cm³/mol. The fourth-order valence-corrected chi connectivity index (χ4v) is 7.86. The van der Waals surface area contributed by atoms with Crippen LogP contribution in [0.15, 0.2) is 79.1 Å². The van der Waals surface area contributed by atoms with Crippen molar-refractivity contribution in [3.05, 3.63) is 123 Å². The molecule has 3 aliphatic heterocycles. The summed E-state index contributed by atoms with van der Waals surface area (Å²) in [5.74, 6) is -1.04. The largest absolute Gasteiger partial charge is 0.545 e. The Morgan fingerprint density at radius 3 is 2.29 bits per heavy atom. The number of carbonyl (C=O) groups is 2. The molecular formula is C39H41Cl2N3O7. The number of fused-ring (bicyclic) bond motifs is 3. The molecule has 3 aliphatic rings. The first kappa shape index (κ1) is 36.4. The summed E-state index contributed by atoms with van der Waals surface area (Å²) in [5.41, 5.74) is 1.88. The van der Waals surface area contributed by atoms with Crippen LogP contribution in [0.2, 0.25) is 10.0 Å². The fraction of sp³-hybridized carbons (Fsp3) is 0.359. The fourth-order valence-electron chi connectivity index (χ4n) is 7.25. The lowest BCUT2D eigenvalue weighted by molar-refractivity contribution is -0.904. The quantitative estimate of drug-likeness (QED) is 0.112. The van der Waals surface area contributed by atoms with Crippen LogP contribution in [0.25, 0.3) is 0 Å². The van der Waals surface area contributed by atoms with Crippen molar-refractivity contribution in [1.29, 1.82) is 0 Å². The molecule has 51 heavy (non-hydrogen) atoms. The first-order valence-electron chi connectivity index (χ1n) is 16.9. The highest BCUT2D eigenvalue weighted by atomic mass is 35.5. The molecule has 0 spiro atoms. The Hall–Kier alpha value is -4.35. The molecule has 2 N–H and O–H groups in total. The van der Waals surface area contributed by atoms with Gasteiger partial charge in [0.1, 0.15) is 21.7 Å². The number of methoxy groups -OCH3 is 2. The number of carboxylic acid groups (broad SMARTS) is 1. The monoisotopic (exact) mass is 733 g/mol. The van der Waals surface area contributed by atoms with Gasteiger partial charge in [0.2, 0.25) is 12.4 Å². The minimum atomic E-state index is -1.36. The molecule has 0 saturated carbocycles. The molecule has 4 heterocycles. The molecule has 7 rings (SSSR count). The van der Waals surface area contributed by atoms with Crippen molar-refractivity contribution in [1.82, 2.24) is 10.2 Å². The first-order chi connectivity index (χ1) is 24.5. The molecule has 0 radical (unpaired) electrons. The Morgan fingerprint density at radius 2 is 1.69 bits per heavy atom. The number of benzene rings is 3. The molecule has 0 amide bonds. The number of nitrogens with one attached hydrogen (secondary N) is 1. The van der Waals surface area contributed by atoms with Crippen LogP contribution in [0.1, 0.15) is 63.9 Å². The van der Waals surface area contributed by atoms with Gasteiger partial charge >= 0.3 is 5.97 Å². The Labute approximate surface area is 307 Å². The van der Waals surface area contributed by atoms with E-state index in [4.69, 9.17) is 37.4 Å². The maximum atomic E-state index is 14.1. The lowest BCUT2D eigenvalue weighted by Crippen LogP contribution is -2.55. The van der Waals surface area contributed by atoms with Gasteiger partial charge in [0.05, 0.1) is 20.2 Å². The SMILES string of the molecule is COc1ccc([C@H](Cc2c(Cl)c[n+](O)cc2Cl)c2cc(CNC(C)(C(=O)O[C@H]3CN4CCC3CC4)c3ccccc3)ccc2C(=O)[O-])cc1OC. The summed E-state index contributed by atoms with van der Waals surface area (Å²) < 4.78 is 18.1. The van der Waals surface area contributed by atoms with Crippen molar-refractivity contribution < 1.29 is 38.8 Å². The van der Waals surface area contributed by atoms with Gasteiger partial charge in [-0.3, -0.25) is 15.4 Å². The first-order valence-corrected chi connectivity index (χ1v) is 17.6. The number of carboxylic acids is 1. The van der Waals surface area contributed by atoms with Gasteiger partial charge in [0.15, 0.2) is 11.5 Å². The van der Waals surface area contributed by atoms with Crippen LogP contribution < -0.4 is 24.6 Å². The van der Waals surface area contributed by atoms with Crippen LogP contribution in [-0.2, 0) is 28.0 Å². The van der Waals surface area contributed by atoms with E-state index in [-0.39, 0.29) is 40.6 Å². The van der Waals surface area contributed by atoms with Gasteiger partial charge in [0.25, 0.3) is 0 Å². The lowest BCUT2D eigenvalue weighted by Gasteiger charge is -2.45. The predicted octanol–water partition coefficient (Wildman–Crippen LogP) is 4.92. The lowest BCUT2D eigenvalue weighted by atomic mass is 9.82. The van der Waals surface area contributed by atoms with Crippen LogP contribution in [0.4, 0.5) is 0 Å². The van der Waals surface area contributed by atoms with Crippen molar-refractivity contribution in [3.63, 3.8) is 0 Å². The molecule has 3 saturated heterocycles. The zero-order valence-electron chi connectivity index (χ0n) is 28.7. The van der Waals surface area contributed by atoms with E-state index in [1.807, 2.05) is 43.3 Å². The Balaban J connectivity index is 1.37. The van der Waals surface area contributed by atoms with Gasteiger partial charge in [-0.15, -0.1) is 0 Å². The van der Waals surface area contributed by atoms with Crippen molar-refractivity contribution in [2.24, 2.45) is 5.92 Å². The van der Waals surface area contributed by atoms with Gasteiger partial charge < -0.3 is 24.1 Å². The molecular weight excluding hydrogens is 693 g/mol. The maximum Gasteiger partial charge on any atom is 0.331 e. The van der Waals surface area contributed by atoms with Crippen LogP contribution in [0.5, 0.6) is 11.5 Å². The second-order valence-electron chi connectivity index (χ2n) is 13.3. The van der Waals surface area contributed by atoms with Crippen LogP contribution >= 0.6 is 23.2 Å². The zero-order chi connectivity index (χ0) is 36.3. The minimum absolute atomic E-state index is 0.0217. The molecule has 2 bridgehead atoms. The number of esters is 1. The number of pyridine rings is 1. The van der Waals surface area contributed by atoms with Crippen molar-refractivity contribution in [2.45, 2.75) is 50.3 Å². The number of aromatic nitrogens is 1. The molecule has 268 valence electrons. The second kappa shape index (κ2) is 15.5. The summed E-state index contributed by atoms with van der Waals surface area (Å²) in [5, 5.41) is 26.5. The summed E-state index contributed by atoms with van der Waals surface area (Å²) >= 11 is 13.2. The summed E-state index contributed by atoms with van der Waals surface area (Å²) in [6, 6.07) is 19.8. The van der Waals surface area contributed by atoms with Gasteiger partial charge in [-0.1, -0.05) is 77.8 Å². The third-order valence-corrected chi connectivity index (χ3v) is 10.9. The van der Waals surface area contributed by atoms with E-state index in [0.717, 1.165) is 48.3 Å². The normalized spacial score (nSPS) is 19.9. The van der Waals surface area contributed by atoms with Gasteiger partial charge in [-0.2, -0.15) is 0 Å². The molecule has 10 nitrogen and oxygen atoms in total. The standard InChI is InChI=1S/C39H41Cl2N3O7/c1-39(27-7-5-4-6-8-27,38(47)51-36-23-43-15-13-25(36)14-16-43)42-20-24-9-11-28(37(45)46)30(17-24)29(19-31-32(40)21-44(48)22-33(31)41)26-10-12-34(49-2)35(18-26)50-3/h4-12,17-18,21-22,25,29,36,42H,13-16,19-20,23H2,1-3H3,(H-,45,46,48)/t29-,36-,39?/m0/s1. The number of hydrogen-bond donors (Lipinski definition) is 2. The maximum absolute atomic E-state index is 14.1. The van der Waals surface area contributed by atoms with E-state index in [1.54, 1.807) is 24.3 Å². The number of ether oxygens (including phenoxy) is 3. The van der Waals surface area contributed by atoms with E-state index in [1.165, 1.54) is 32.7 Å². The number of hydrogen-bond acceptors (Lipinski definition) is 9. The molecule has 0 aliphatic carbocycles. The van der Waals surface area contributed by atoms with Gasteiger partial charge in [-0.25, -0.2) is 4.79 Å². The highest BCUT2D eigenvalue weighted by molar-refractivity contribution is 6.35. The van der Waals surface area contributed by atoms with Gasteiger partial charge in [-0.05, 0) is 79.6 Å². The highest BCUT2D eigenvalue weighted by Gasteiger charge is 2.42. The average molecular weight is 735 g/mol. The molecule has 3 atom stereocenters. The Kier molecular flexibility index (Phi) is 11.1. The summed E-state index contributed by atoms with van der Waals surface area (Å²) in [7, 11) is 3.05. The van der Waals surface area contributed by atoms with Crippen LogP contribution in [0.3, 0.4) is 0 Å². The topological polar surface area (TPSA) is 124 Å². The number of halogens is 2. The zero-order valence-corrected chi connectivity index (χ0v) is 30.2. The van der Waals surface area contributed by atoms with E-state index in [9.17, 15) is 19.9 Å². The molecule has 12 heteroatoms. The van der Waals surface area contributed by atoms with E-state index < -0.39 is 17.4 Å². The number of piperidine rings is 3. The smallest absolute Gasteiger partial charge is 0.331 e. The van der Waals surface area contributed by atoms with E-state index in [0.29, 0.717) is 34.1 Å². The number of carbonyl (C=O) groups excluding carboxylic acids is 2. The highest BCUT2D eigenvalue weighted by Crippen LogP contribution is 2.39. The van der Waals surface area contributed by atoms with Crippen LogP contribution in [-0.4, -0.2) is 62.0 Å². The molecule has 4 aromatic rings. The van der Waals surface area contributed by atoms with E-state index in [2.05, 4.69) is 10.2 Å². The summed E-state index contributed by atoms with van der Waals surface area (Å²) in [4.78, 5) is 29.1. The third kappa shape index (κ3) is 7.79. The summed E-state index contributed by atoms with van der Waals surface area (Å²) in [6.45, 7) is 4.83. The number of nitrogens with zero attached hydrogens (tertiary/aromatic N) is 2. The minimum Gasteiger partial charge on any atom is -0.545 e. The molecule has 3 aromatic carbocycles. The van der Waals surface area contributed by atoms with Gasteiger partial charge in [0, 0.05) is 34.9 Å². The number of rotatable bonds is 13. The van der Waals surface area contributed by atoms with Crippen molar-refractivity contribution >= 4 is 35.1 Å². The van der Waals surface area contributed by atoms with Crippen molar-refractivity contribution in [2.75, 3.05) is 33.9 Å². The molecule has 1 unspecified atom stereocenters. The van der Waals surface area contributed by atoms with Crippen LogP contribution in [0, 0.1) is 5.92 Å². The molecule has 3 fully saturated rings. The molecule has 1 aromatic heterocycles. The third-order valence-electron chi connectivity index (χ3n) is 10.3. The second-order valence-corrected chi connectivity index (χ2v) is 14.1.